The predicted octanol–water partition coefficient (Wildman–Crippen LogP) is 13.9. The number of carbonyl (C=O) groups is 2. The van der Waals surface area contributed by atoms with Crippen molar-refractivity contribution in [3.63, 3.8) is 0 Å². The van der Waals surface area contributed by atoms with E-state index in [0.29, 0.717) is 58.3 Å². The van der Waals surface area contributed by atoms with Gasteiger partial charge in [0.2, 0.25) is 0 Å². The number of methoxy groups -OCH3 is 2. The van der Waals surface area contributed by atoms with Crippen LogP contribution >= 0.6 is 37.2 Å². The van der Waals surface area contributed by atoms with Gasteiger partial charge >= 0.3 is 11.9 Å². The molecule has 0 bridgehead atoms. The van der Waals surface area contributed by atoms with E-state index in [-0.39, 0.29) is 18.0 Å². The Hall–Kier alpha value is 0.320. The molecule has 0 aromatic carbocycles. The van der Waals surface area contributed by atoms with Crippen molar-refractivity contribution in [1.29, 1.82) is 0 Å². The zero-order valence-electron chi connectivity index (χ0n) is 41.5. The molecule has 62 heavy (non-hydrogen) atoms. The number of hydrogen-bond acceptors (Lipinski definition) is 6. The molecule has 0 aromatic rings. The summed E-state index contributed by atoms with van der Waals surface area (Å²) in [5.74, 6) is 12.4. The number of aliphatic hydroxyl groups is 1. The van der Waals surface area contributed by atoms with Gasteiger partial charge in [0.25, 0.3) is 0 Å². The Morgan fingerprint density at radius 3 is 1.44 bits per heavy atom. The van der Waals surface area contributed by atoms with Gasteiger partial charge in [0.15, 0.2) is 0 Å². The van der Waals surface area contributed by atoms with E-state index in [2.05, 4.69) is 106 Å². The van der Waals surface area contributed by atoms with Crippen molar-refractivity contribution < 1.29 is 24.2 Å². The third-order valence-corrected chi connectivity index (χ3v) is 22.8. The smallest absolute Gasteiger partial charge is 0.305 e. The topological polar surface area (TPSA) is 98.9 Å². The van der Waals surface area contributed by atoms with E-state index in [1.54, 1.807) is 0 Å². The van der Waals surface area contributed by atoms with Crippen LogP contribution < -0.4 is 5.73 Å². The van der Waals surface area contributed by atoms with Gasteiger partial charge in [-0.1, -0.05) is 69.2 Å². The summed E-state index contributed by atoms with van der Waals surface area (Å²) in [5.41, 5.74) is 8.20. The third kappa shape index (κ3) is 9.15. The Balaban J connectivity index is 0.000000199. The molecule has 0 radical (unpaired) electrons. The van der Waals surface area contributed by atoms with Gasteiger partial charge in [0.1, 0.15) is 0 Å². The van der Waals surface area contributed by atoms with Gasteiger partial charge in [-0.3, -0.25) is 9.59 Å². The molecule has 14 unspecified atom stereocenters. The normalized spacial score (nSPS) is 49.9. The Labute approximate surface area is 403 Å². The number of hydrogen-bond donors (Lipinski definition) is 2. The lowest BCUT2D eigenvalue weighted by atomic mass is 9.40. The fraction of sp³-hybridized carbons (Fsp3) is 0.963. The van der Waals surface area contributed by atoms with Crippen LogP contribution in [0, 0.1) is 116 Å². The van der Waals surface area contributed by atoms with E-state index in [1.807, 2.05) is 0 Å². The van der Waals surface area contributed by atoms with Gasteiger partial charge in [0, 0.05) is 56.1 Å². The second-order valence-corrected chi connectivity index (χ2v) is 24.9. The molecule has 0 amide bonds. The molecule has 8 aliphatic rings. The first-order chi connectivity index (χ1) is 29.2. The van der Waals surface area contributed by atoms with E-state index in [4.69, 9.17) is 15.2 Å². The molecule has 6 nitrogen and oxygen atoms in total. The molecule has 0 aromatic heterocycles. The Kier molecular flexibility index (Phi) is 17.1. The van der Waals surface area contributed by atoms with Crippen molar-refractivity contribution in [2.75, 3.05) is 14.2 Å². The van der Waals surface area contributed by atoms with Crippen LogP contribution in [-0.4, -0.2) is 43.4 Å². The zero-order valence-corrected chi connectivity index (χ0v) is 45.8. The molecule has 3 N–H and O–H groups in total. The summed E-state index contributed by atoms with van der Waals surface area (Å²) in [4.78, 5) is 23.5. The molecule has 8 rings (SSSR count). The summed E-state index contributed by atoms with van der Waals surface area (Å²) in [6.45, 7) is 25.5. The molecule has 8 fully saturated rings. The Morgan fingerprint density at radius 1 is 0.613 bits per heavy atom. The molecule has 0 aliphatic heterocycles. The standard InChI is InChI=1S/C27H47NO2.C27H46O3.I2/c2*1-16(7-10-24(29)30-6)21-8-9-22-25-17(2)13-19-15-20(28)11-12-26(19,4)23(25)14-18(3)27(21,22)5;1-2/h16-23,25H,7-15,28H2,1-6H3;16-23,25,28H,7-15H2,1-6H3;/t2*16?,17?,18-,19?,20?,21+,22?,23?,25?,26-,27+;/m00./s1. The minimum atomic E-state index is -0.0652. The second kappa shape index (κ2) is 20.5. The maximum atomic E-state index is 11.8. The third-order valence-electron chi connectivity index (χ3n) is 22.8. The molecule has 8 heteroatoms. The molecule has 0 saturated heterocycles. The number of ether oxygens (including phenoxy) is 2. The number of carbonyl (C=O) groups excluding carboxylic acids is 2. The lowest BCUT2D eigenvalue weighted by Gasteiger charge is -2.65. The van der Waals surface area contributed by atoms with Crippen molar-refractivity contribution in [3.05, 3.63) is 0 Å². The molecule has 22 atom stereocenters. The number of esters is 2. The van der Waals surface area contributed by atoms with E-state index in [1.165, 1.54) is 91.3 Å². The minimum absolute atomic E-state index is 0.0475. The molecular formula is C54H93I2NO5. The average Bonchev–Trinajstić information content (AvgIpc) is 3.80. The number of aliphatic hydroxyl groups excluding tert-OH is 1. The van der Waals surface area contributed by atoms with Gasteiger partial charge in [-0.25, -0.2) is 0 Å². The summed E-state index contributed by atoms with van der Waals surface area (Å²) >= 11 is 4.24. The fourth-order valence-corrected chi connectivity index (χ4v) is 19.2. The van der Waals surface area contributed by atoms with Crippen LogP contribution in [0.2, 0.25) is 0 Å². The van der Waals surface area contributed by atoms with Crippen LogP contribution in [0.25, 0.3) is 0 Å². The maximum Gasteiger partial charge on any atom is 0.305 e. The van der Waals surface area contributed by atoms with E-state index in [0.717, 1.165) is 103 Å². The van der Waals surface area contributed by atoms with Crippen LogP contribution in [-0.2, 0) is 19.1 Å². The largest absolute Gasteiger partial charge is 0.469 e. The summed E-state index contributed by atoms with van der Waals surface area (Å²) in [7, 11) is 3.02. The average molecular weight is 1090 g/mol. The molecule has 8 aliphatic carbocycles. The van der Waals surface area contributed by atoms with E-state index in [9.17, 15) is 14.7 Å². The second-order valence-electron chi connectivity index (χ2n) is 24.9. The van der Waals surface area contributed by atoms with Crippen LogP contribution in [0.5, 0.6) is 0 Å². The monoisotopic (exact) mass is 1090 g/mol. The molecular weight excluding hydrogens is 996 g/mol. The Bertz CT molecular complexity index is 1420. The first-order valence-corrected chi connectivity index (χ1v) is 32.2. The van der Waals surface area contributed by atoms with Gasteiger partial charge in [0.05, 0.1) is 20.3 Å². The lowest BCUT2D eigenvalue weighted by molar-refractivity contribution is -0.168. The number of halogens is 2. The highest BCUT2D eigenvalue weighted by Crippen LogP contribution is 2.72. The fourth-order valence-electron chi connectivity index (χ4n) is 19.2. The van der Waals surface area contributed by atoms with Gasteiger partial charge in [-0.15, -0.1) is 0 Å². The molecule has 0 heterocycles. The highest BCUT2D eigenvalue weighted by Gasteiger charge is 2.66. The summed E-state index contributed by atoms with van der Waals surface area (Å²) < 4.78 is 9.84. The van der Waals surface area contributed by atoms with Gasteiger partial charge in [-0.05, 0) is 219 Å². The SMILES string of the molecule is COC(=O)CCC(C)[C@H]1CCC2C3C(C)CC4CC(N)CC[C@]4(C)C3C[C@H](C)[C@@]21C.COC(=O)CCC(C)[C@H]1CCC2C3C(C)CC4CC(O)CC[C@]4(C)C3C[C@H](C)[C@@]21C.II. The van der Waals surface area contributed by atoms with Gasteiger partial charge in [-0.2, -0.15) is 0 Å². The first kappa shape index (κ1) is 51.7. The van der Waals surface area contributed by atoms with Crippen LogP contribution in [0.1, 0.15) is 185 Å². The summed E-state index contributed by atoms with van der Waals surface area (Å²) in [5, 5.41) is 10.4. The molecule has 8 saturated carbocycles. The summed E-state index contributed by atoms with van der Waals surface area (Å²) in [6.07, 6.45) is 21.1. The lowest BCUT2D eigenvalue weighted by Crippen LogP contribution is -2.59. The zero-order chi connectivity index (χ0) is 45.7. The predicted molar refractivity (Wildman–Crippen MR) is 271 cm³/mol. The van der Waals surface area contributed by atoms with E-state index >= 15 is 0 Å². The first-order valence-electron chi connectivity index (χ1n) is 26.0. The highest BCUT2D eigenvalue weighted by atomic mass is 128. The van der Waals surface area contributed by atoms with Crippen molar-refractivity contribution in [2.45, 2.75) is 197 Å². The minimum Gasteiger partial charge on any atom is -0.469 e. The molecule has 358 valence electrons. The number of rotatable bonds is 8. The van der Waals surface area contributed by atoms with Crippen molar-refractivity contribution in [3.8, 4) is 0 Å². The van der Waals surface area contributed by atoms with Crippen LogP contribution in [0.4, 0.5) is 0 Å². The number of nitrogens with two attached hydrogens (primary N) is 1. The number of fused-ring (bicyclic) bond motifs is 10. The molecule has 0 spiro atoms. The van der Waals surface area contributed by atoms with Crippen LogP contribution in [0.15, 0.2) is 0 Å². The Morgan fingerprint density at radius 2 is 1.02 bits per heavy atom. The quantitative estimate of drug-likeness (QED) is 0.186. The van der Waals surface area contributed by atoms with Crippen molar-refractivity contribution in [2.24, 2.45) is 122 Å². The highest BCUT2D eigenvalue weighted by molar-refractivity contribution is 15.0. The maximum absolute atomic E-state index is 11.8. The van der Waals surface area contributed by atoms with Crippen molar-refractivity contribution in [1.82, 2.24) is 0 Å². The van der Waals surface area contributed by atoms with Gasteiger partial charge < -0.3 is 20.3 Å². The van der Waals surface area contributed by atoms with Crippen LogP contribution in [0.3, 0.4) is 0 Å². The van der Waals surface area contributed by atoms with E-state index < -0.39 is 0 Å². The van der Waals surface area contributed by atoms with Crippen molar-refractivity contribution >= 4 is 49.2 Å². The summed E-state index contributed by atoms with van der Waals surface area (Å²) in [6, 6.07) is 0.435.